The molecule has 0 radical (unpaired) electrons. The lowest BCUT2D eigenvalue weighted by molar-refractivity contribution is -0.116. The molecule has 0 saturated heterocycles. The number of carbonyl (C=O) groups excluding carboxylic acids is 1. The predicted molar refractivity (Wildman–Crippen MR) is 57.3 cm³/mol. The molecule has 3 nitrogen and oxygen atoms in total. The second-order valence-corrected chi connectivity index (χ2v) is 4.05. The van der Waals surface area contributed by atoms with E-state index >= 15 is 0 Å². The van der Waals surface area contributed by atoms with Crippen LogP contribution in [0.25, 0.3) is 5.52 Å². The van der Waals surface area contributed by atoms with Gasteiger partial charge in [-0.2, -0.15) is 5.10 Å². The second kappa shape index (κ2) is 3.53. The smallest absolute Gasteiger partial charge is 0.134 e. The summed E-state index contributed by atoms with van der Waals surface area (Å²) in [5.74, 6) is 0.149. The zero-order valence-electron chi connectivity index (χ0n) is 7.70. The molecule has 72 valence electrons. The van der Waals surface area contributed by atoms with Crippen molar-refractivity contribution >= 4 is 27.2 Å². The number of ketones is 1. The van der Waals surface area contributed by atoms with Gasteiger partial charge in [0.15, 0.2) is 0 Å². The van der Waals surface area contributed by atoms with Crippen molar-refractivity contribution < 1.29 is 4.79 Å². The summed E-state index contributed by atoms with van der Waals surface area (Å²) in [5, 5.41) is 4.17. The van der Waals surface area contributed by atoms with Gasteiger partial charge in [0.05, 0.1) is 11.7 Å². The summed E-state index contributed by atoms with van der Waals surface area (Å²) in [5.41, 5.74) is 1.94. The lowest BCUT2D eigenvalue weighted by Gasteiger charge is -1.98. The molecule has 2 heterocycles. The Morgan fingerprint density at radius 2 is 2.43 bits per heavy atom. The number of rotatable bonds is 2. The summed E-state index contributed by atoms with van der Waals surface area (Å²) in [6.07, 6.45) is 4.04. The number of carbonyl (C=O) groups is 1. The lowest BCUT2D eigenvalue weighted by atomic mass is 10.1. The van der Waals surface area contributed by atoms with Gasteiger partial charge in [0.2, 0.25) is 0 Å². The summed E-state index contributed by atoms with van der Waals surface area (Å²) in [6.45, 7) is 1.58. The van der Waals surface area contributed by atoms with Crippen molar-refractivity contribution in [2.24, 2.45) is 0 Å². The van der Waals surface area contributed by atoms with Crippen LogP contribution in [0.2, 0.25) is 0 Å². The minimum Gasteiger partial charge on any atom is -0.300 e. The van der Waals surface area contributed by atoms with Crippen molar-refractivity contribution in [1.82, 2.24) is 9.61 Å². The highest BCUT2D eigenvalue weighted by atomic mass is 79.9. The first-order valence-electron chi connectivity index (χ1n) is 4.28. The van der Waals surface area contributed by atoms with Crippen LogP contribution in [0.1, 0.15) is 12.5 Å². The normalized spacial score (nSPS) is 10.7. The minimum absolute atomic E-state index is 0.149. The molecule has 14 heavy (non-hydrogen) atoms. The maximum absolute atomic E-state index is 11.0. The van der Waals surface area contributed by atoms with E-state index in [1.807, 2.05) is 18.3 Å². The standard InChI is InChI=1S/C10H9BrN2O/c1-7(14)5-8-6-12-13-4-2-3-9(11)10(8)13/h2-4,6H,5H2,1H3. The number of hydrogen-bond acceptors (Lipinski definition) is 2. The Bertz CT molecular complexity index is 490. The second-order valence-electron chi connectivity index (χ2n) is 3.20. The Morgan fingerprint density at radius 1 is 1.64 bits per heavy atom. The highest BCUT2D eigenvalue weighted by molar-refractivity contribution is 9.10. The molecule has 2 aromatic heterocycles. The number of pyridine rings is 1. The van der Waals surface area contributed by atoms with E-state index in [1.165, 1.54) is 0 Å². The van der Waals surface area contributed by atoms with Crippen LogP contribution in [-0.2, 0) is 11.2 Å². The van der Waals surface area contributed by atoms with Crippen molar-refractivity contribution in [2.45, 2.75) is 13.3 Å². The van der Waals surface area contributed by atoms with E-state index < -0.39 is 0 Å². The van der Waals surface area contributed by atoms with Gasteiger partial charge in [-0.25, -0.2) is 4.52 Å². The van der Waals surface area contributed by atoms with Crippen molar-refractivity contribution in [2.75, 3.05) is 0 Å². The molecular weight excluding hydrogens is 244 g/mol. The lowest BCUT2D eigenvalue weighted by Crippen LogP contribution is -1.96. The number of Topliss-reactive ketones (excluding diaryl/α,β-unsaturated/α-hetero) is 1. The molecule has 0 bridgehead atoms. The molecule has 0 aliphatic heterocycles. The molecule has 2 aromatic rings. The highest BCUT2D eigenvalue weighted by Crippen LogP contribution is 2.21. The van der Waals surface area contributed by atoms with E-state index in [-0.39, 0.29) is 5.78 Å². The van der Waals surface area contributed by atoms with E-state index in [2.05, 4.69) is 21.0 Å². The van der Waals surface area contributed by atoms with Crippen LogP contribution in [0.15, 0.2) is 29.0 Å². The van der Waals surface area contributed by atoms with Crippen molar-refractivity contribution in [1.29, 1.82) is 0 Å². The van der Waals surface area contributed by atoms with Gasteiger partial charge >= 0.3 is 0 Å². The molecule has 2 rings (SSSR count). The molecule has 0 atom stereocenters. The average molecular weight is 253 g/mol. The number of fused-ring (bicyclic) bond motifs is 1. The van der Waals surface area contributed by atoms with Crippen molar-refractivity contribution in [3.05, 3.63) is 34.6 Å². The molecule has 0 aliphatic rings. The zero-order valence-corrected chi connectivity index (χ0v) is 9.28. The number of hydrogen-bond donors (Lipinski definition) is 0. The molecule has 0 spiro atoms. The summed E-state index contributed by atoms with van der Waals surface area (Å²) in [7, 11) is 0. The summed E-state index contributed by atoms with van der Waals surface area (Å²) < 4.78 is 2.73. The van der Waals surface area contributed by atoms with Crippen LogP contribution in [0, 0.1) is 0 Å². The first-order valence-corrected chi connectivity index (χ1v) is 5.08. The van der Waals surface area contributed by atoms with Gasteiger partial charge < -0.3 is 0 Å². The van der Waals surface area contributed by atoms with Crippen molar-refractivity contribution in [3.8, 4) is 0 Å². The largest absolute Gasteiger partial charge is 0.300 e. The van der Waals surface area contributed by atoms with E-state index in [0.717, 1.165) is 15.6 Å². The van der Waals surface area contributed by atoms with E-state index in [4.69, 9.17) is 0 Å². The van der Waals surface area contributed by atoms with Crippen LogP contribution in [0.4, 0.5) is 0 Å². The predicted octanol–water partition coefficient (Wildman–Crippen LogP) is 2.23. The van der Waals surface area contributed by atoms with E-state index in [9.17, 15) is 4.79 Å². The van der Waals surface area contributed by atoms with Gasteiger partial charge in [-0.3, -0.25) is 4.79 Å². The van der Waals surface area contributed by atoms with Gasteiger partial charge in [-0.15, -0.1) is 0 Å². The fourth-order valence-corrected chi connectivity index (χ4v) is 2.05. The van der Waals surface area contributed by atoms with E-state index in [0.29, 0.717) is 6.42 Å². The third-order valence-electron chi connectivity index (χ3n) is 2.01. The molecule has 0 aliphatic carbocycles. The van der Waals surface area contributed by atoms with Crippen LogP contribution >= 0.6 is 15.9 Å². The minimum atomic E-state index is 0.149. The van der Waals surface area contributed by atoms with Gasteiger partial charge in [0, 0.05) is 22.7 Å². The maximum Gasteiger partial charge on any atom is 0.134 e. The number of nitrogens with zero attached hydrogens (tertiary/aromatic N) is 2. The van der Waals surface area contributed by atoms with Crippen LogP contribution in [0.3, 0.4) is 0 Å². The summed E-state index contributed by atoms with van der Waals surface area (Å²) in [4.78, 5) is 11.0. The first-order chi connectivity index (χ1) is 6.68. The van der Waals surface area contributed by atoms with E-state index in [1.54, 1.807) is 17.6 Å². The number of halogens is 1. The van der Waals surface area contributed by atoms with Gasteiger partial charge in [-0.1, -0.05) is 0 Å². The van der Waals surface area contributed by atoms with Gasteiger partial charge in [0.1, 0.15) is 5.78 Å². The Balaban J connectivity index is 2.61. The fourth-order valence-electron chi connectivity index (χ4n) is 1.46. The Labute approximate surface area is 89.9 Å². The molecule has 0 unspecified atom stereocenters. The molecule has 4 heteroatoms. The number of aromatic nitrogens is 2. The highest BCUT2D eigenvalue weighted by Gasteiger charge is 2.08. The van der Waals surface area contributed by atoms with Crippen LogP contribution in [-0.4, -0.2) is 15.4 Å². The van der Waals surface area contributed by atoms with Crippen molar-refractivity contribution in [3.63, 3.8) is 0 Å². The summed E-state index contributed by atoms with van der Waals surface area (Å²) >= 11 is 3.44. The summed E-state index contributed by atoms with van der Waals surface area (Å²) in [6, 6.07) is 3.85. The zero-order chi connectivity index (χ0) is 10.1. The average Bonchev–Trinajstić information content (AvgIpc) is 2.49. The van der Waals surface area contributed by atoms with Crippen LogP contribution in [0.5, 0.6) is 0 Å². The monoisotopic (exact) mass is 252 g/mol. The van der Waals surface area contributed by atoms with Gasteiger partial charge in [-0.05, 0) is 35.0 Å². The molecule has 0 fully saturated rings. The first kappa shape index (κ1) is 9.40. The topological polar surface area (TPSA) is 34.4 Å². The fraction of sp³-hybridized carbons (Fsp3) is 0.200. The van der Waals surface area contributed by atoms with Gasteiger partial charge in [0.25, 0.3) is 0 Å². The quantitative estimate of drug-likeness (QED) is 0.822. The molecule has 0 saturated carbocycles. The molecule has 0 N–H and O–H groups in total. The molecule has 0 amide bonds. The molecule has 0 aromatic carbocycles. The maximum atomic E-state index is 11.0. The third-order valence-corrected chi connectivity index (χ3v) is 2.65. The Hall–Kier alpha value is -1.16. The third kappa shape index (κ3) is 1.57. The van der Waals surface area contributed by atoms with Crippen LogP contribution < -0.4 is 0 Å². The Kier molecular flexibility index (Phi) is 2.37. The molecular formula is C10H9BrN2O. The Morgan fingerprint density at radius 3 is 3.14 bits per heavy atom. The SMILES string of the molecule is CC(=O)Cc1cnn2cccc(Br)c12.